The summed E-state index contributed by atoms with van der Waals surface area (Å²) in [5.74, 6) is -0.147. The predicted molar refractivity (Wildman–Crippen MR) is 78.3 cm³/mol. The molecule has 106 valence electrons. The molecule has 0 fully saturated rings. The summed E-state index contributed by atoms with van der Waals surface area (Å²) in [6.07, 6.45) is 0.380. The first-order valence-corrected chi connectivity index (χ1v) is 6.96. The van der Waals surface area contributed by atoms with Crippen molar-refractivity contribution >= 4 is 5.97 Å². The molecule has 0 heterocycles. The number of nitrogens with one attached hydrogen (secondary N) is 1. The van der Waals surface area contributed by atoms with E-state index in [1.807, 2.05) is 6.92 Å². The first kappa shape index (κ1) is 15.7. The average molecular weight is 263 g/mol. The smallest absolute Gasteiger partial charge is 0.307 e. The number of ether oxygens (including phenoxy) is 1. The van der Waals surface area contributed by atoms with E-state index in [0.29, 0.717) is 13.0 Å². The fourth-order valence-corrected chi connectivity index (χ4v) is 2.28. The van der Waals surface area contributed by atoms with E-state index in [4.69, 9.17) is 4.74 Å². The van der Waals surface area contributed by atoms with Crippen LogP contribution in [0.4, 0.5) is 0 Å². The predicted octanol–water partition coefficient (Wildman–Crippen LogP) is 3.22. The van der Waals surface area contributed by atoms with Gasteiger partial charge in [0.25, 0.3) is 0 Å². The quantitative estimate of drug-likeness (QED) is 0.801. The zero-order valence-corrected chi connectivity index (χ0v) is 12.7. The van der Waals surface area contributed by atoms with Crippen molar-refractivity contribution in [3.05, 3.63) is 34.4 Å². The van der Waals surface area contributed by atoms with E-state index in [-0.39, 0.29) is 12.0 Å². The Bertz CT molecular complexity index is 441. The molecule has 0 spiro atoms. The largest absolute Gasteiger partial charge is 0.466 e. The van der Waals surface area contributed by atoms with Crippen molar-refractivity contribution in [1.29, 1.82) is 0 Å². The molecule has 3 nitrogen and oxygen atoms in total. The average Bonchev–Trinajstić information content (AvgIpc) is 2.33. The lowest BCUT2D eigenvalue weighted by Gasteiger charge is -2.21. The van der Waals surface area contributed by atoms with E-state index < -0.39 is 0 Å². The van der Waals surface area contributed by atoms with Crippen molar-refractivity contribution in [2.45, 2.75) is 47.1 Å². The maximum atomic E-state index is 11.7. The molecule has 0 bridgehead atoms. The summed E-state index contributed by atoms with van der Waals surface area (Å²) >= 11 is 0. The lowest BCUT2D eigenvalue weighted by molar-refractivity contribution is -0.143. The highest BCUT2D eigenvalue weighted by molar-refractivity contribution is 5.70. The summed E-state index contributed by atoms with van der Waals surface area (Å²) in [5.41, 5.74) is 4.95. The van der Waals surface area contributed by atoms with E-state index in [1.165, 1.54) is 22.3 Å². The standard InChI is InChI=1S/C16H25NO2/c1-6-17-15(10-16(18)19-7-2)14-9-12(4)11(3)8-13(14)5/h8-9,15,17H,6-7,10H2,1-5H3. The van der Waals surface area contributed by atoms with E-state index in [1.54, 1.807) is 0 Å². The van der Waals surface area contributed by atoms with Crippen molar-refractivity contribution in [1.82, 2.24) is 5.32 Å². The van der Waals surface area contributed by atoms with Crippen LogP contribution in [-0.2, 0) is 9.53 Å². The van der Waals surface area contributed by atoms with Gasteiger partial charge in [-0.25, -0.2) is 0 Å². The minimum atomic E-state index is -0.147. The third kappa shape index (κ3) is 4.35. The zero-order valence-electron chi connectivity index (χ0n) is 12.7. The molecular weight excluding hydrogens is 238 g/mol. The Hall–Kier alpha value is -1.35. The molecule has 0 saturated carbocycles. The molecule has 0 amide bonds. The third-order valence-corrected chi connectivity index (χ3v) is 3.38. The van der Waals surface area contributed by atoms with E-state index in [0.717, 1.165) is 6.54 Å². The molecule has 1 rings (SSSR count). The normalized spacial score (nSPS) is 12.3. The van der Waals surface area contributed by atoms with Crippen molar-refractivity contribution in [3.63, 3.8) is 0 Å². The SMILES string of the molecule is CCNC(CC(=O)OCC)c1cc(C)c(C)cc1C. The topological polar surface area (TPSA) is 38.3 Å². The van der Waals surface area contributed by atoms with Gasteiger partial charge in [0.2, 0.25) is 0 Å². The summed E-state index contributed by atoms with van der Waals surface area (Å²) in [7, 11) is 0. The molecule has 0 aliphatic carbocycles. The second-order valence-corrected chi connectivity index (χ2v) is 4.91. The molecule has 19 heavy (non-hydrogen) atoms. The van der Waals surface area contributed by atoms with E-state index in [9.17, 15) is 4.79 Å². The van der Waals surface area contributed by atoms with Crippen LogP contribution in [0.3, 0.4) is 0 Å². The van der Waals surface area contributed by atoms with Gasteiger partial charge in [0.05, 0.1) is 13.0 Å². The second-order valence-electron chi connectivity index (χ2n) is 4.91. The van der Waals surface area contributed by atoms with Crippen LogP contribution in [0.5, 0.6) is 0 Å². The van der Waals surface area contributed by atoms with Gasteiger partial charge in [-0.3, -0.25) is 4.79 Å². The summed E-state index contributed by atoms with van der Waals surface area (Å²) in [6, 6.07) is 4.39. The minimum absolute atomic E-state index is 0.0309. The van der Waals surface area contributed by atoms with Gasteiger partial charge in [0.1, 0.15) is 0 Å². The monoisotopic (exact) mass is 263 g/mol. The van der Waals surface area contributed by atoms with Crippen molar-refractivity contribution < 1.29 is 9.53 Å². The van der Waals surface area contributed by atoms with Gasteiger partial charge < -0.3 is 10.1 Å². The number of benzene rings is 1. The number of hydrogen-bond acceptors (Lipinski definition) is 3. The van der Waals surface area contributed by atoms with Gasteiger partial charge in [0, 0.05) is 6.04 Å². The Kier molecular flexibility index (Phi) is 6.03. The number of aryl methyl sites for hydroxylation is 3. The van der Waals surface area contributed by atoms with E-state index in [2.05, 4.69) is 45.1 Å². The van der Waals surface area contributed by atoms with Gasteiger partial charge >= 0.3 is 5.97 Å². The van der Waals surface area contributed by atoms with Gasteiger partial charge in [-0.15, -0.1) is 0 Å². The van der Waals surface area contributed by atoms with Crippen LogP contribution in [0.15, 0.2) is 12.1 Å². The highest BCUT2D eigenvalue weighted by Crippen LogP contribution is 2.24. The molecule has 1 aromatic carbocycles. The summed E-state index contributed by atoms with van der Waals surface area (Å²) in [4.78, 5) is 11.7. The van der Waals surface area contributed by atoms with Crippen LogP contribution in [0.2, 0.25) is 0 Å². The first-order chi connectivity index (χ1) is 8.99. The van der Waals surface area contributed by atoms with Gasteiger partial charge in [-0.1, -0.05) is 19.1 Å². The third-order valence-electron chi connectivity index (χ3n) is 3.38. The fraction of sp³-hybridized carbons (Fsp3) is 0.562. The summed E-state index contributed by atoms with van der Waals surface area (Å²) in [6.45, 7) is 11.5. The second kappa shape index (κ2) is 7.29. The van der Waals surface area contributed by atoms with Crippen molar-refractivity contribution in [2.24, 2.45) is 0 Å². The van der Waals surface area contributed by atoms with E-state index >= 15 is 0 Å². The maximum Gasteiger partial charge on any atom is 0.307 e. The highest BCUT2D eigenvalue weighted by Gasteiger charge is 2.18. The summed E-state index contributed by atoms with van der Waals surface area (Å²) in [5, 5.41) is 3.37. The van der Waals surface area contributed by atoms with Gasteiger partial charge in [-0.2, -0.15) is 0 Å². The molecule has 0 aliphatic heterocycles. The minimum Gasteiger partial charge on any atom is -0.466 e. The Labute approximate surface area is 116 Å². The molecule has 0 radical (unpaired) electrons. The van der Waals surface area contributed by atoms with Crippen molar-refractivity contribution in [3.8, 4) is 0 Å². The summed E-state index contributed by atoms with van der Waals surface area (Å²) < 4.78 is 5.06. The molecule has 1 atom stereocenters. The molecule has 3 heteroatoms. The van der Waals surface area contributed by atoms with Crippen LogP contribution in [0.1, 0.15) is 48.6 Å². The van der Waals surface area contributed by atoms with Crippen LogP contribution < -0.4 is 5.32 Å². The molecular formula is C16H25NO2. The van der Waals surface area contributed by atoms with Crippen molar-refractivity contribution in [2.75, 3.05) is 13.2 Å². The number of carbonyl (C=O) groups excluding carboxylic acids is 1. The molecule has 1 aromatic rings. The van der Waals surface area contributed by atoms with Crippen LogP contribution in [-0.4, -0.2) is 19.1 Å². The lowest BCUT2D eigenvalue weighted by Crippen LogP contribution is -2.25. The number of hydrogen-bond donors (Lipinski definition) is 1. The molecule has 1 unspecified atom stereocenters. The van der Waals surface area contributed by atoms with Crippen LogP contribution in [0, 0.1) is 20.8 Å². The molecule has 1 N–H and O–H groups in total. The fourth-order valence-electron chi connectivity index (χ4n) is 2.28. The Balaban J connectivity index is 2.98. The molecule has 0 aliphatic rings. The van der Waals surface area contributed by atoms with Gasteiger partial charge in [0.15, 0.2) is 0 Å². The van der Waals surface area contributed by atoms with Crippen LogP contribution in [0.25, 0.3) is 0 Å². The Morgan fingerprint density at radius 2 is 1.79 bits per heavy atom. The number of rotatable bonds is 6. The number of carbonyl (C=O) groups is 1. The van der Waals surface area contributed by atoms with Crippen LogP contribution >= 0.6 is 0 Å². The number of esters is 1. The first-order valence-electron chi connectivity index (χ1n) is 6.96. The van der Waals surface area contributed by atoms with Gasteiger partial charge in [-0.05, 0) is 56.5 Å². The zero-order chi connectivity index (χ0) is 14.4. The highest BCUT2D eigenvalue weighted by atomic mass is 16.5. The molecule has 0 aromatic heterocycles. The Morgan fingerprint density at radius 1 is 1.16 bits per heavy atom. The maximum absolute atomic E-state index is 11.7. The Morgan fingerprint density at radius 3 is 2.37 bits per heavy atom. The molecule has 0 saturated heterocycles. The lowest BCUT2D eigenvalue weighted by atomic mass is 9.94.